The molecule has 0 saturated carbocycles. The highest BCUT2D eigenvalue weighted by molar-refractivity contribution is 5.91. The van der Waals surface area contributed by atoms with Gasteiger partial charge in [-0.15, -0.1) is 0 Å². The summed E-state index contributed by atoms with van der Waals surface area (Å²) >= 11 is 0. The van der Waals surface area contributed by atoms with Crippen LogP contribution >= 0.6 is 0 Å². The number of nitrogens with one attached hydrogen (secondary N) is 1. The molecule has 0 aliphatic carbocycles. The summed E-state index contributed by atoms with van der Waals surface area (Å²) in [7, 11) is 3.12. The minimum atomic E-state index is -1.02. The van der Waals surface area contributed by atoms with Crippen molar-refractivity contribution >= 4 is 17.7 Å². The molecular formula is C26H36N2O6. The number of urea groups is 1. The Morgan fingerprint density at radius 2 is 1.65 bits per heavy atom. The molecule has 0 radical (unpaired) electrons. The van der Waals surface area contributed by atoms with E-state index >= 15 is 0 Å². The lowest BCUT2D eigenvalue weighted by Gasteiger charge is -2.24. The number of carboxylic acid groups (broad SMARTS) is 1. The molecular weight excluding hydrogens is 436 g/mol. The van der Waals surface area contributed by atoms with Crippen LogP contribution in [-0.4, -0.2) is 48.9 Å². The number of hydrogen-bond acceptors (Lipinski definition) is 5. The third kappa shape index (κ3) is 8.50. The zero-order valence-electron chi connectivity index (χ0n) is 20.5. The molecule has 2 aromatic carbocycles. The number of ether oxygens (including phenoxy) is 3. The minimum Gasteiger partial charge on any atom is -0.497 e. The Morgan fingerprint density at radius 3 is 2.26 bits per heavy atom. The van der Waals surface area contributed by atoms with E-state index in [-0.39, 0.29) is 6.03 Å². The predicted molar refractivity (Wildman–Crippen MR) is 132 cm³/mol. The number of carbonyl (C=O) groups excluding carboxylic acids is 1. The van der Waals surface area contributed by atoms with Gasteiger partial charge in [-0.3, -0.25) is 0 Å². The van der Waals surface area contributed by atoms with Gasteiger partial charge in [0, 0.05) is 19.2 Å². The quantitative estimate of drug-likeness (QED) is 0.349. The van der Waals surface area contributed by atoms with Crippen LogP contribution in [0.3, 0.4) is 0 Å². The largest absolute Gasteiger partial charge is 0.497 e. The molecule has 0 aromatic heterocycles. The fraction of sp³-hybridized carbons (Fsp3) is 0.462. The molecule has 2 N–H and O–H groups in total. The van der Waals surface area contributed by atoms with E-state index in [0.29, 0.717) is 36.0 Å². The average molecular weight is 473 g/mol. The highest BCUT2D eigenvalue weighted by Gasteiger charge is 2.17. The number of methoxy groups -OCH3 is 2. The van der Waals surface area contributed by atoms with Crippen molar-refractivity contribution in [2.24, 2.45) is 0 Å². The number of unbranched alkanes of at least 4 members (excludes halogenated alkanes) is 4. The van der Waals surface area contributed by atoms with Gasteiger partial charge in [0.1, 0.15) is 17.2 Å². The lowest BCUT2D eigenvalue weighted by molar-refractivity contribution is -0.144. The number of nitrogens with zero attached hydrogens (tertiary/aromatic N) is 1. The van der Waals surface area contributed by atoms with Crippen LogP contribution in [0.25, 0.3) is 0 Å². The lowest BCUT2D eigenvalue weighted by Crippen LogP contribution is -2.35. The lowest BCUT2D eigenvalue weighted by atomic mass is 10.1. The standard InChI is InChI=1S/C26H36N2O6/c1-5-6-7-8-9-16-28(18-20-10-12-21(13-11-20)34-19(2)25(29)30)26(31)27-23-15-14-22(32-3)17-24(23)33-4/h10-15,17,19H,5-9,16,18H2,1-4H3,(H,27,31)(H,29,30). The average Bonchev–Trinajstić information content (AvgIpc) is 2.84. The third-order valence-electron chi connectivity index (χ3n) is 5.43. The number of hydrogen-bond donors (Lipinski definition) is 2. The van der Waals surface area contributed by atoms with Crippen molar-refractivity contribution in [3.63, 3.8) is 0 Å². The van der Waals surface area contributed by atoms with E-state index in [2.05, 4.69) is 12.2 Å². The Hall–Kier alpha value is -3.42. The summed E-state index contributed by atoms with van der Waals surface area (Å²) in [5, 5.41) is 12.0. The van der Waals surface area contributed by atoms with Crippen molar-refractivity contribution in [1.29, 1.82) is 0 Å². The van der Waals surface area contributed by atoms with Crippen LogP contribution in [0.2, 0.25) is 0 Å². The van der Waals surface area contributed by atoms with Gasteiger partial charge >= 0.3 is 12.0 Å². The van der Waals surface area contributed by atoms with Crippen molar-refractivity contribution in [2.45, 2.75) is 58.6 Å². The van der Waals surface area contributed by atoms with Gasteiger partial charge in [0.15, 0.2) is 6.10 Å². The number of benzene rings is 2. The van der Waals surface area contributed by atoms with E-state index in [9.17, 15) is 9.59 Å². The molecule has 2 rings (SSSR count). The predicted octanol–water partition coefficient (Wildman–Crippen LogP) is 5.56. The second-order valence-electron chi connectivity index (χ2n) is 8.07. The summed E-state index contributed by atoms with van der Waals surface area (Å²) in [4.78, 5) is 26.0. The molecule has 0 aliphatic rings. The fourth-order valence-corrected chi connectivity index (χ4v) is 3.40. The van der Waals surface area contributed by atoms with E-state index < -0.39 is 12.1 Å². The summed E-state index contributed by atoms with van der Waals surface area (Å²) in [6.45, 7) is 4.68. The molecule has 0 spiro atoms. The Bertz CT molecular complexity index is 916. The molecule has 8 heteroatoms. The molecule has 0 bridgehead atoms. The van der Waals surface area contributed by atoms with E-state index in [1.165, 1.54) is 13.3 Å². The molecule has 1 unspecified atom stereocenters. The van der Waals surface area contributed by atoms with Crippen LogP contribution in [0.5, 0.6) is 17.2 Å². The maximum absolute atomic E-state index is 13.2. The van der Waals surface area contributed by atoms with Crippen molar-refractivity contribution in [3.8, 4) is 17.2 Å². The molecule has 2 aromatic rings. The van der Waals surface area contributed by atoms with Gasteiger partial charge in [-0.25, -0.2) is 9.59 Å². The first-order chi connectivity index (χ1) is 16.4. The van der Waals surface area contributed by atoms with Crippen molar-refractivity contribution in [2.75, 3.05) is 26.1 Å². The molecule has 2 amide bonds. The molecule has 0 aliphatic heterocycles. The van der Waals surface area contributed by atoms with Crippen molar-refractivity contribution in [1.82, 2.24) is 4.90 Å². The molecule has 0 fully saturated rings. The fourth-order valence-electron chi connectivity index (χ4n) is 3.40. The van der Waals surface area contributed by atoms with Gasteiger partial charge < -0.3 is 29.5 Å². The second kappa shape index (κ2) is 14.0. The van der Waals surface area contributed by atoms with Crippen molar-refractivity contribution in [3.05, 3.63) is 48.0 Å². The molecule has 34 heavy (non-hydrogen) atoms. The molecule has 0 heterocycles. The Balaban J connectivity index is 2.11. The van der Waals surface area contributed by atoms with Gasteiger partial charge in [-0.1, -0.05) is 44.7 Å². The molecule has 186 valence electrons. The van der Waals surface area contributed by atoms with E-state index in [1.807, 2.05) is 12.1 Å². The third-order valence-corrected chi connectivity index (χ3v) is 5.43. The summed E-state index contributed by atoms with van der Waals surface area (Å²) < 4.78 is 16.0. The summed E-state index contributed by atoms with van der Waals surface area (Å²) in [6, 6.07) is 12.1. The Kier molecular flexibility index (Phi) is 11.0. The zero-order chi connectivity index (χ0) is 24.9. The maximum atomic E-state index is 13.2. The first-order valence-electron chi connectivity index (χ1n) is 11.6. The first kappa shape index (κ1) is 26.8. The topological polar surface area (TPSA) is 97.3 Å². The maximum Gasteiger partial charge on any atom is 0.344 e. The van der Waals surface area contributed by atoms with Crippen LogP contribution < -0.4 is 19.5 Å². The monoisotopic (exact) mass is 472 g/mol. The van der Waals surface area contributed by atoms with Crippen LogP contribution in [0, 0.1) is 0 Å². The minimum absolute atomic E-state index is 0.223. The second-order valence-corrected chi connectivity index (χ2v) is 8.07. The van der Waals surface area contributed by atoms with Gasteiger partial charge in [0.25, 0.3) is 0 Å². The normalized spacial score (nSPS) is 11.4. The Morgan fingerprint density at radius 1 is 0.971 bits per heavy atom. The number of aliphatic carboxylic acids is 1. The molecule has 1 atom stereocenters. The van der Waals surface area contributed by atoms with Crippen LogP contribution in [0.15, 0.2) is 42.5 Å². The molecule has 0 saturated heterocycles. The zero-order valence-corrected chi connectivity index (χ0v) is 20.5. The first-order valence-corrected chi connectivity index (χ1v) is 11.6. The van der Waals surface area contributed by atoms with Gasteiger partial charge in [-0.05, 0) is 43.2 Å². The van der Waals surface area contributed by atoms with Crippen LogP contribution in [-0.2, 0) is 11.3 Å². The van der Waals surface area contributed by atoms with Crippen LogP contribution in [0.1, 0.15) is 51.5 Å². The molecule has 8 nitrogen and oxygen atoms in total. The SMILES string of the molecule is CCCCCCCN(Cc1ccc(OC(C)C(=O)O)cc1)C(=O)Nc1ccc(OC)cc1OC. The van der Waals surface area contributed by atoms with Gasteiger partial charge in [-0.2, -0.15) is 0 Å². The number of carbonyl (C=O) groups is 2. The van der Waals surface area contributed by atoms with Crippen LogP contribution in [0.4, 0.5) is 10.5 Å². The van der Waals surface area contributed by atoms with Gasteiger partial charge in [0.2, 0.25) is 0 Å². The summed E-state index contributed by atoms with van der Waals surface area (Å²) in [5.74, 6) is 0.605. The number of rotatable bonds is 14. The van der Waals surface area contributed by atoms with E-state index in [0.717, 1.165) is 31.2 Å². The smallest absolute Gasteiger partial charge is 0.344 e. The highest BCUT2D eigenvalue weighted by atomic mass is 16.5. The number of anilines is 1. The summed E-state index contributed by atoms with van der Waals surface area (Å²) in [6.07, 6.45) is 4.53. The van der Waals surface area contributed by atoms with E-state index in [4.69, 9.17) is 19.3 Å². The van der Waals surface area contributed by atoms with Gasteiger partial charge in [0.05, 0.1) is 19.9 Å². The van der Waals surface area contributed by atoms with Crippen molar-refractivity contribution < 1.29 is 28.9 Å². The number of amides is 2. The Labute approximate surface area is 201 Å². The van der Waals surface area contributed by atoms with E-state index in [1.54, 1.807) is 49.5 Å². The highest BCUT2D eigenvalue weighted by Crippen LogP contribution is 2.29. The number of carboxylic acids is 1. The summed E-state index contributed by atoms with van der Waals surface area (Å²) in [5.41, 5.74) is 1.48.